The predicted octanol–water partition coefficient (Wildman–Crippen LogP) is 2.32. The van der Waals surface area contributed by atoms with E-state index in [2.05, 4.69) is 15.7 Å². The van der Waals surface area contributed by atoms with Gasteiger partial charge in [-0.3, -0.25) is 29.6 Å². The number of rotatable bonds is 8. The number of nitrogens with zero attached hydrogens (tertiary/aromatic N) is 3. The van der Waals surface area contributed by atoms with Crippen LogP contribution < -0.4 is 10.7 Å². The van der Waals surface area contributed by atoms with E-state index < -0.39 is 12.0 Å². The fourth-order valence-electron chi connectivity index (χ4n) is 4.83. The van der Waals surface area contributed by atoms with E-state index in [1.54, 1.807) is 12.3 Å². The average Bonchev–Trinajstić information content (AvgIpc) is 3.50. The van der Waals surface area contributed by atoms with Gasteiger partial charge in [0.15, 0.2) is 0 Å². The van der Waals surface area contributed by atoms with Gasteiger partial charge < -0.3 is 5.32 Å². The highest BCUT2D eigenvalue weighted by Gasteiger charge is 2.39. The highest BCUT2D eigenvalue weighted by molar-refractivity contribution is 6.03. The average molecular weight is 440 g/mol. The molecule has 2 atom stereocenters. The van der Waals surface area contributed by atoms with Crippen molar-refractivity contribution in [1.82, 2.24) is 20.5 Å². The Kier molecular flexibility index (Phi) is 6.96. The van der Waals surface area contributed by atoms with Crippen LogP contribution in [-0.4, -0.2) is 57.6 Å². The van der Waals surface area contributed by atoms with Crippen LogP contribution in [-0.2, 0) is 14.4 Å². The molecule has 3 N–H and O–H groups in total. The highest BCUT2D eigenvalue weighted by atomic mass is 16.5. The Morgan fingerprint density at radius 2 is 2.03 bits per heavy atom. The lowest BCUT2D eigenvalue weighted by Gasteiger charge is -2.30. The molecule has 0 radical (unpaired) electrons. The first-order chi connectivity index (χ1) is 15.6. The molecular formula is C23H29N5O4. The number of fused-ring (bicyclic) bond motifs is 1. The van der Waals surface area contributed by atoms with Gasteiger partial charge in [-0.2, -0.15) is 0 Å². The van der Waals surface area contributed by atoms with Crippen LogP contribution >= 0.6 is 0 Å². The van der Waals surface area contributed by atoms with Crippen LogP contribution in [0.25, 0.3) is 10.9 Å². The first-order valence-electron chi connectivity index (χ1n) is 11.2. The van der Waals surface area contributed by atoms with Crippen LogP contribution in [0.15, 0.2) is 36.5 Å². The lowest BCUT2D eigenvalue weighted by Crippen LogP contribution is -2.51. The Labute approximate surface area is 186 Å². The van der Waals surface area contributed by atoms with Crippen LogP contribution in [0, 0.1) is 11.8 Å². The number of nitrogens with one attached hydrogen (secondary N) is 2. The second-order valence-corrected chi connectivity index (χ2v) is 8.60. The maximum Gasteiger partial charge on any atom is 0.248 e. The smallest absolute Gasteiger partial charge is 0.248 e. The van der Waals surface area contributed by atoms with Gasteiger partial charge >= 0.3 is 0 Å². The molecule has 2 heterocycles. The molecule has 2 unspecified atom stereocenters. The predicted molar refractivity (Wildman–Crippen MR) is 118 cm³/mol. The molecule has 1 saturated carbocycles. The Hall–Kier alpha value is -3.04. The van der Waals surface area contributed by atoms with Crippen molar-refractivity contribution in [3.05, 3.63) is 36.5 Å². The summed E-state index contributed by atoms with van der Waals surface area (Å²) in [4.78, 5) is 41.8. The van der Waals surface area contributed by atoms with Crippen molar-refractivity contribution in [1.29, 1.82) is 0 Å². The SMILES string of the molecule is O=CN(O)CC(CC1CCCC1)C(=O)N1NCCC1C(=O)Nc1cccc2cccnc12. The number of hydrogen-bond acceptors (Lipinski definition) is 6. The molecule has 3 amide bonds. The number of hydroxylamine groups is 2. The molecule has 170 valence electrons. The van der Waals surface area contributed by atoms with Crippen molar-refractivity contribution < 1.29 is 19.6 Å². The molecule has 4 rings (SSSR count). The Balaban J connectivity index is 1.49. The Morgan fingerprint density at radius 3 is 2.81 bits per heavy atom. The van der Waals surface area contributed by atoms with Crippen molar-refractivity contribution in [2.24, 2.45) is 11.8 Å². The summed E-state index contributed by atoms with van der Waals surface area (Å²) in [6.45, 7) is 0.406. The lowest BCUT2D eigenvalue weighted by molar-refractivity contribution is -0.159. The van der Waals surface area contributed by atoms with Gasteiger partial charge in [-0.15, -0.1) is 0 Å². The van der Waals surface area contributed by atoms with E-state index in [0.29, 0.717) is 48.0 Å². The summed E-state index contributed by atoms with van der Waals surface area (Å²) in [6, 6.07) is 8.64. The second-order valence-electron chi connectivity index (χ2n) is 8.60. The molecule has 2 aliphatic rings. The summed E-state index contributed by atoms with van der Waals surface area (Å²) < 4.78 is 0. The number of amides is 3. The number of hydrazine groups is 1. The van der Waals surface area contributed by atoms with Crippen LogP contribution in [0.5, 0.6) is 0 Å². The second kappa shape index (κ2) is 10.1. The number of benzene rings is 1. The number of carbonyl (C=O) groups is 3. The molecule has 1 aliphatic carbocycles. The minimum Gasteiger partial charge on any atom is -0.322 e. The fraction of sp³-hybridized carbons (Fsp3) is 0.478. The highest BCUT2D eigenvalue weighted by Crippen LogP contribution is 2.32. The van der Waals surface area contributed by atoms with Crippen molar-refractivity contribution in [3.8, 4) is 0 Å². The maximum atomic E-state index is 13.4. The molecule has 2 fully saturated rings. The van der Waals surface area contributed by atoms with Gasteiger partial charge in [0.05, 0.1) is 23.7 Å². The quantitative estimate of drug-likeness (QED) is 0.330. The maximum absolute atomic E-state index is 13.4. The van der Waals surface area contributed by atoms with E-state index in [-0.39, 0.29) is 18.4 Å². The molecule has 1 aromatic heterocycles. The molecule has 2 aromatic rings. The fourth-order valence-corrected chi connectivity index (χ4v) is 4.83. The molecule has 0 spiro atoms. The minimum absolute atomic E-state index is 0.0847. The van der Waals surface area contributed by atoms with Gasteiger partial charge in [-0.1, -0.05) is 43.9 Å². The van der Waals surface area contributed by atoms with Gasteiger partial charge in [0, 0.05) is 18.1 Å². The summed E-state index contributed by atoms with van der Waals surface area (Å²) in [5, 5.41) is 15.5. The standard InChI is InChI=1S/C23H29N5O4/c29-15-27(32)14-18(13-16-5-1-2-6-16)23(31)28-20(10-12-25-28)22(30)26-19-9-3-7-17-8-4-11-24-21(17)19/h3-4,7-9,11,15-16,18,20,25,32H,1-2,5-6,10,12-14H2,(H,26,30). The molecule has 1 aromatic carbocycles. The van der Waals surface area contributed by atoms with Gasteiger partial charge in [-0.25, -0.2) is 10.5 Å². The van der Waals surface area contributed by atoms with Crippen LogP contribution in [0.4, 0.5) is 5.69 Å². The molecule has 32 heavy (non-hydrogen) atoms. The third-order valence-electron chi connectivity index (χ3n) is 6.41. The van der Waals surface area contributed by atoms with E-state index in [9.17, 15) is 19.6 Å². The van der Waals surface area contributed by atoms with Crippen molar-refractivity contribution in [2.75, 3.05) is 18.4 Å². The summed E-state index contributed by atoms with van der Waals surface area (Å²) in [6.07, 6.45) is 7.40. The molecule has 0 bridgehead atoms. The third-order valence-corrected chi connectivity index (χ3v) is 6.41. The summed E-state index contributed by atoms with van der Waals surface area (Å²) in [7, 11) is 0. The van der Waals surface area contributed by atoms with Crippen LogP contribution in [0.2, 0.25) is 0 Å². The van der Waals surface area contributed by atoms with Gasteiger partial charge in [0.2, 0.25) is 18.2 Å². The first kappa shape index (κ1) is 22.2. The number of hydrogen-bond donors (Lipinski definition) is 3. The van der Waals surface area contributed by atoms with E-state index in [1.165, 1.54) is 5.01 Å². The number of carbonyl (C=O) groups excluding carboxylic acids is 3. The van der Waals surface area contributed by atoms with Crippen LogP contribution in [0.3, 0.4) is 0 Å². The lowest BCUT2D eigenvalue weighted by atomic mass is 9.92. The first-order valence-corrected chi connectivity index (χ1v) is 11.2. The number of aromatic nitrogens is 1. The number of para-hydroxylation sites is 1. The summed E-state index contributed by atoms with van der Waals surface area (Å²) >= 11 is 0. The molecule has 1 saturated heterocycles. The van der Waals surface area contributed by atoms with Crippen molar-refractivity contribution >= 4 is 34.8 Å². The van der Waals surface area contributed by atoms with E-state index in [4.69, 9.17) is 0 Å². The minimum atomic E-state index is -0.684. The Morgan fingerprint density at radius 1 is 1.25 bits per heavy atom. The molecule has 9 nitrogen and oxygen atoms in total. The monoisotopic (exact) mass is 439 g/mol. The van der Waals surface area contributed by atoms with Crippen LogP contribution in [0.1, 0.15) is 38.5 Å². The zero-order valence-electron chi connectivity index (χ0n) is 17.9. The number of anilines is 1. The van der Waals surface area contributed by atoms with Crippen molar-refractivity contribution in [2.45, 2.75) is 44.6 Å². The normalized spacial score (nSPS) is 19.8. The topological polar surface area (TPSA) is 115 Å². The van der Waals surface area contributed by atoms with Crippen molar-refractivity contribution in [3.63, 3.8) is 0 Å². The van der Waals surface area contributed by atoms with E-state index in [1.807, 2.05) is 24.3 Å². The zero-order chi connectivity index (χ0) is 22.5. The largest absolute Gasteiger partial charge is 0.322 e. The third kappa shape index (κ3) is 4.89. The zero-order valence-corrected chi connectivity index (χ0v) is 17.9. The molecular weight excluding hydrogens is 410 g/mol. The van der Waals surface area contributed by atoms with E-state index in [0.717, 1.165) is 31.1 Å². The summed E-state index contributed by atoms with van der Waals surface area (Å²) in [5.41, 5.74) is 4.31. The Bertz CT molecular complexity index is 973. The van der Waals surface area contributed by atoms with Gasteiger partial charge in [-0.05, 0) is 30.9 Å². The van der Waals surface area contributed by atoms with Gasteiger partial charge in [0.1, 0.15) is 6.04 Å². The van der Waals surface area contributed by atoms with E-state index >= 15 is 0 Å². The summed E-state index contributed by atoms with van der Waals surface area (Å²) in [5.74, 6) is -0.752. The number of pyridine rings is 1. The van der Waals surface area contributed by atoms with Gasteiger partial charge in [0.25, 0.3) is 0 Å². The molecule has 9 heteroatoms. The molecule has 1 aliphatic heterocycles.